The molecule has 2 aromatic heterocycles. The van der Waals surface area contributed by atoms with Crippen molar-refractivity contribution in [3.8, 4) is 17.3 Å². The summed E-state index contributed by atoms with van der Waals surface area (Å²) in [6, 6.07) is 8.90. The molecule has 1 aromatic carbocycles. The monoisotopic (exact) mass is 396 g/mol. The molecule has 0 fully saturated rings. The summed E-state index contributed by atoms with van der Waals surface area (Å²) in [4.78, 5) is 24.7. The van der Waals surface area contributed by atoms with Crippen molar-refractivity contribution >= 4 is 11.7 Å². The van der Waals surface area contributed by atoms with Gasteiger partial charge in [0.2, 0.25) is 0 Å². The Morgan fingerprint density at radius 1 is 1.07 bits per heavy atom. The van der Waals surface area contributed by atoms with E-state index < -0.39 is 0 Å². The number of carbonyl (C=O) groups is 1. The number of anilines is 1. The van der Waals surface area contributed by atoms with Crippen LogP contribution in [0, 0.1) is 13.8 Å². The number of nitrogens with zero attached hydrogens (tertiary/aromatic N) is 4. The molecule has 2 N–H and O–H groups in total. The second-order valence-electron chi connectivity index (χ2n) is 6.29. The number of aryl methyl sites for hydroxylation is 1. The number of amides is 1. The number of rotatable bonds is 9. The topological polar surface area (TPSA) is 103 Å². The molecule has 152 valence electrons. The van der Waals surface area contributed by atoms with Crippen LogP contribution in [0.25, 0.3) is 5.82 Å². The largest absolute Gasteiger partial charge is 0.497 e. The van der Waals surface area contributed by atoms with E-state index in [2.05, 4.69) is 25.6 Å². The van der Waals surface area contributed by atoms with Crippen LogP contribution in [0.15, 0.2) is 43.0 Å². The van der Waals surface area contributed by atoms with E-state index in [-0.39, 0.29) is 12.5 Å². The van der Waals surface area contributed by atoms with Gasteiger partial charge in [0, 0.05) is 24.8 Å². The van der Waals surface area contributed by atoms with Crippen LogP contribution >= 0.6 is 0 Å². The molecule has 0 aliphatic heterocycles. The molecule has 1 amide bonds. The van der Waals surface area contributed by atoms with E-state index in [1.807, 2.05) is 24.5 Å². The van der Waals surface area contributed by atoms with Gasteiger partial charge in [0.25, 0.3) is 5.91 Å². The summed E-state index contributed by atoms with van der Waals surface area (Å²) in [5, 5.41) is 5.96. The van der Waals surface area contributed by atoms with Crippen LogP contribution in [-0.2, 0) is 4.79 Å². The van der Waals surface area contributed by atoms with Crippen LogP contribution in [0.1, 0.15) is 11.4 Å². The third-order valence-corrected chi connectivity index (χ3v) is 4.33. The number of hydrogen-bond acceptors (Lipinski definition) is 7. The summed E-state index contributed by atoms with van der Waals surface area (Å²) in [6.45, 7) is 4.84. The van der Waals surface area contributed by atoms with Gasteiger partial charge >= 0.3 is 0 Å². The lowest BCUT2D eigenvalue weighted by Crippen LogP contribution is -2.32. The number of benzene rings is 1. The first-order valence-corrected chi connectivity index (χ1v) is 9.17. The van der Waals surface area contributed by atoms with E-state index >= 15 is 0 Å². The van der Waals surface area contributed by atoms with Crippen molar-refractivity contribution in [3.63, 3.8) is 0 Å². The van der Waals surface area contributed by atoms with Crippen molar-refractivity contribution in [2.45, 2.75) is 13.8 Å². The van der Waals surface area contributed by atoms with Crippen molar-refractivity contribution in [1.29, 1.82) is 0 Å². The highest BCUT2D eigenvalue weighted by Gasteiger charge is 2.07. The molecule has 3 rings (SSSR count). The maximum Gasteiger partial charge on any atom is 0.258 e. The Labute approximate surface area is 169 Å². The average Bonchev–Trinajstić information content (AvgIpc) is 3.09. The molecule has 0 spiro atoms. The first-order chi connectivity index (χ1) is 14.1. The minimum atomic E-state index is -0.199. The fraction of sp³-hybridized carbons (Fsp3) is 0.300. The molecule has 0 atom stereocenters. The molecule has 29 heavy (non-hydrogen) atoms. The van der Waals surface area contributed by atoms with Crippen LogP contribution < -0.4 is 20.1 Å². The first kappa shape index (κ1) is 20.1. The Hall–Kier alpha value is -3.62. The summed E-state index contributed by atoms with van der Waals surface area (Å²) < 4.78 is 12.4. The third-order valence-electron chi connectivity index (χ3n) is 4.33. The van der Waals surface area contributed by atoms with E-state index in [1.165, 1.54) is 6.33 Å². The number of carbonyl (C=O) groups excluding carboxylic acids is 1. The lowest BCUT2D eigenvalue weighted by Gasteiger charge is -2.10. The quantitative estimate of drug-likeness (QED) is 0.533. The molecule has 0 aliphatic carbocycles. The van der Waals surface area contributed by atoms with Crippen LogP contribution in [0.5, 0.6) is 11.5 Å². The highest BCUT2D eigenvalue weighted by molar-refractivity contribution is 5.77. The number of hydrogen-bond donors (Lipinski definition) is 2. The Morgan fingerprint density at radius 2 is 1.83 bits per heavy atom. The number of nitrogens with one attached hydrogen (secondary N) is 2. The van der Waals surface area contributed by atoms with Crippen LogP contribution in [0.3, 0.4) is 0 Å². The van der Waals surface area contributed by atoms with Gasteiger partial charge in [0.1, 0.15) is 35.8 Å². The second-order valence-corrected chi connectivity index (χ2v) is 6.29. The van der Waals surface area contributed by atoms with E-state index in [1.54, 1.807) is 37.7 Å². The Kier molecular flexibility index (Phi) is 6.62. The highest BCUT2D eigenvalue weighted by Crippen LogP contribution is 2.16. The maximum absolute atomic E-state index is 11.9. The zero-order valence-corrected chi connectivity index (χ0v) is 16.7. The summed E-state index contributed by atoms with van der Waals surface area (Å²) in [5.41, 5.74) is 1.98. The third kappa shape index (κ3) is 5.44. The molecule has 0 saturated heterocycles. The maximum atomic E-state index is 11.9. The fourth-order valence-corrected chi connectivity index (χ4v) is 2.57. The molecule has 0 radical (unpaired) electrons. The molecule has 0 aliphatic rings. The Morgan fingerprint density at radius 3 is 2.52 bits per heavy atom. The van der Waals surface area contributed by atoms with Gasteiger partial charge in [-0.3, -0.25) is 9.36 Å². The molecular weight excluding hydrogens is 372 g/mol. The molecule has 2 heterocycles. The number of aromatic nitrogens is 4. The van der Waals surface area contributed by atoms with Gasteiger partial charge < -0.3 is 20.1 Å². The Bertz CT molecular complexity index is 955. The normalized spacial score (nSPS) is 10.4. The number of ether oxygens (including phenoxy) is 2. The van der Waals surface area contributed by atoms with Gasteiger partial charge in [-0.05, 0) is 38.1 Å². The van der Waals surface area contributed by atoms with Gasteiger partial charge in [-0.2, -0.15) is 0 Å². The smallest absolute Gasteiger partial charge is 0.258 e. The Balaban J connectivity index is 1.41. The number of imidazole rings is 1. The zero-order valence-electron chi connectivity index (χ0n) is 16.7. The standard InChI is InChI=1S/C20H24N6O3/c1-14-15(2)26(13-25-14)19-10-18(23-12-24-19)21-8-9-22-20(27)11-29-17-6-4-16(28-3)5-7-17/h4-7,10,12-13H,8-9,11H2,1-3H3,(H,22,27)(H,21,23,24). The SMILES string of the molecule is COc1ccc(OCC(=O)NCCNc2cc(-n3cnc(C)c3C)ncn2)cc1. The van der Waals surface area contributed by atoms with E-state index in [4.69, 9.17) is 9.47 Å². The van der Waals surface area contributed by atoms with E-state index in [0.717, 1.165) is 23.0 Å². The van der Waals surface area contributed by atoms with Gasteiger partial charge in [-0.15, -0.1) is 0 Å². The predicted molar refractivity (Wildman–Crippen MR) is 109 cm³/mol. The van der Waals surface area contributed by atoms with Gasteiger partial charge in [0.05, 0.1) is 12.8 Å². The summed E-state index contributed by atoms with van der Waals surface area (Å²) in [5.74, 6) is 2.55. The highest BCUT2D eigenvalue weighted by atomic mass is 16.5. The minimum absolute atomic E-state index is 0.0523. The van der Waals surface area contributed by atoms with E-state index in [0.29, 0.717) is 24.7 Å². The van der Waals surface area contributed by atoms with Crippen molar-refractivity contribution in [3.05, 3.63) is 54.4 Å². The molecule has 9 heteroatoms. The average molecular weight is 396 g/mol. The summed E-state index contributed by atoms with van der Waals surface area (Å²) in [7, 11) is 1.60. The molecule has 9 nitrogen and oxygen atoms in total. The number of methoxy groups -OCH3 is 1. The van der Waals surface area contributed by atoms with Gasteiger partial charge in [0.15, 0.2) is 6.61 Å². The molecule has 0 unspecified atom stereocenters. The molecule has 0 saturated carbocycles. The lowest BCUT2D eigenvalue weighted by molar-refractivity contribution is -0.123. The molecule has 3 aromatic rings. The van der Waals surface area contributed by atoms with Crippen molar-refractivity contribution in [2.24, 2.45) is 0 Å². The first-order valence-electron chi connectivity index (χ1n) is 9.17. The van der Waals surface area contributed by atoms with Crippen molar-refractivity contribution in [2.75, 3.05) is 32.1 Å². The van der Waals surface area contributed by atoms with Crippen LogP contribution in [0.4, 0.5) is 5.82 Å². The predicted octanol–water partition coefficient (Wildman–Crippen LogP) is 1.89. The van der Waals surface area contributed by atoms with Gasteiger partial charge in [-0.25, -0.2) is 15.0 Å². The summed E-state index contributed by atoms with van der Waals surface area (Å²) >= 11 is 0. The van der Waals surface area contributed by atoms with Crippen LogP contribution in [0.2, 0.25) is 0 Å². The van der Waals surface area contributed by atoms with Crippen molar-refractivity contribution < 1.29 is 14.3 Å². The fourth-order valence-electron chi connectivity index (χ4n) is 2.57. The van der Waals surface area contributed by atoms with Gasteiger partial charge in [-0.1, -0.05) is 0 Å². The lowest BCUT2D eigenvalue weighted by atomic mass is 10.3. The van der Waals surface area contributed by atoms with Crippen molar-refractivity contribution in [1.82, 2.24) is 24.8 Å². The molecular formula is C20H24N6O3. The van der Waals surface area contributed by atoms with Crippen LogP contribution in [-0.4, -0.2) is 52.2 Å². The summed E-state index contributed by atoms with van der Waals surface area (Å²) in [6.07, 6.45) is 3.23. The molecule has 0 bridgehead atoms. The van der Waals surface area contributed by atoms with E-state index in [9.17, 15) is 4.79 Å². The minimum Gasteiger partial charge on any atom is -0.497 e. The zero-order chi connectivity index (χ0) is 20.6. The second kappa shape index (κ2) is 9.54.